The summed E-state index contributed by atoms with van der Waals surface area (Å²) in [7, 11) is 1.17. The van der Waals surface area contributed by atoms with Crippen molar-refractivity contribution in [2.24, 2.45) is 0 Å². The molecule has 0 saturated carbocycles. The van der Waals surface area contributed by atoms with Crippen molar-refractivity contribution in [1.29, 1.82) is 0 Å². The lowest BCUT2D eigenvalue weighted by Gasteiger charge is -2.21. The maximum Gasteiger partial charge on any atom is 0.328 e. The Labute approximate surface area is 120 Å². The number of hydrogen-bond acceptors (Lipinski definition) is 6. The highest BCUT2D eigenvalue weighted by Gasteiger charge is 2.56. The minimum absolute atomic E-state index is 0.149. The minimum Gasteiger partial charge on any atom is -0.385 e. The van der Waals surface area contributed by atoms with E-state index in [0.717, 1.165) is 6.20 Å². The number of aryl methyl sites for hydroxylation is 1. The van der Waals surface area contributed by atoms with Gasteiger partial charge in [-0.25, -0.2) is 9.18 Å². The number of nitrogens with one attached hydrogen (secondary N) is 1. The first-order valence-corrected chi connectivity index (χ1v) is 6.14. The van der Waals surface area contributed by atoms with Crippen molar-refractivity contribution in [1.82, 2.24) is 9.55 Å². The zero-order valence-electron chi connectivity index (χ0n) is 11.8. The molecule has 1 saturated heterocycles. The molecule has 2 heterocycles. The number of rotatable bonds is 3. The average molecular weight is 307 g/mol. The van der Waals surface area contributed by atoms with Crippen molar-refractivity contribution >= 4 is 12.2 Å². The maximum atomic E-state index is 14.4. The zero-order valence-corrected chi connectivity index (χ0v) is 11.6. The molecule has 0 amide bonds. The fourth-order valence-corrected chi connectivity index (χ4v) is 2.04. The van der Waals surface area contributed by atoms with E-state index in [0.29, 0.717) is 10.1 Å². The Balaban J connectivity index is 2.55. The van der Waals surface area contributed by atoms with Gasteiger partial charge in [0.15, 0.2) is 6.20 Å². The Kier molecular flexibility index (Phi) is 3.69. The number of aliphatic hydroxyl groups is 2. The number of alkyl halides is 1. The van der Waals surface area contributed by atoms with Crippen LogP contribution in [0.3, 0.4) is 0 Å². The van der Waals surface area contributed by atoms with Gasteiger partial charge in [0, 0.05) is 18.9 Å². The number of nitrogens with zero attached hydrogens (tertiary/aromatic N) is 1. The van der Waals surface area contributed by atoms with Crippen LogP contribution in [0.15, 0.2) is 11.0 Å². The highest BCUT2D eigenvalue weighted by molar-refractivity contribution is 7.71. The van der Waals surface area contributed by atoms with E-state index in [1.807, 2.05) is 0 Å². The summed E-state index contributed by atoms with van der Waals surface area (Å²) in [6.45, 7) is 0.857. The molecule has 0 unspecified atom stereocenters. The van der Waals surface area contributed by atoms with Crippen LogP contribution in [0.2, 0.25) is 0 Å². The largest absolute Gasteiger partial charge is 0.385 e. The summed E-state index contributed by atoms with van der Waals surface area (Å²) in [6, 6.07) is 0. The van der Waals surface area contributed by atoms with E-state index in [1.165, 1.54) is 7.11 Å². The van der Waals surface area contributed by atoms with Gasteiger partial charge < -0.3 is 19.7 Å². The van der Waals surface area contributed by atoms with E-state index in [9.17, 15) is 19.4 Å². The summed E-state index contributed by atoms with van der Waals surface area (Å²) < 4.78 is 32.7. The number of aromatic amines is 1. The first-order chi connectivity index (χ1) is 9.65. The van der Waals surface area contributed by atoms with Crippen LogP contribution in [0.5, 0.6) is 0 Å². The zero-order chi connectivity index (χ0) is 16.0. The molecule has 1 aliphatic heterocycles. The smallest absolute Gasteiger partial charge is 0.328 e. The molecule has 1 aromatic rings. The fourth-order valence-electron chi connectivity index (χ4n) is 1.90. The number of methoxy groups -OCH3 is 1. The number of aliphatic hydroxyl groups excluding tert-OH is 2. The summed E-state index contributed by atoms with van der Waals surface area (Å²) in [5.74, 6) is -2.81. The van der Waals surface area contributed by atoms with Gasteiger partial charge in [-0.15, -0.1) is 0 Å². The lowest BCUT2D eigenvalue weighted by molar-refractivity contribution is -0.212. The highest BCUT2D eigenvalue weighted by atomic mass is 32.1. The van der Waals surface area contributed by atoms with Crippen LogP contribution in [0.1, 0.15) is 13.1 Å². The number of H-pyrrole nitrogens is 1. The average Bonchev–Trinajstić information content (AvgIpc) is 2.56. The summed E-state index contributed by atoms with van der Waals surface area (Å²) in [4.78, 5) is 14.2. The third-order valence-corrected chi connectivity index (χ3v) is 3.39. The van der Waals surface area contributed by atoms with E-state index >= 15 is 0 Å². The Morgan fingerprint density at radius 2 is 2.40 bits per heavy atom. The van der Waals surface area contributed by atoms with E-state index < -0.39 is 36.6 Å². The molecule has 7 nitrogen and oxygen atoms in total. The molecule has 4 atom stereocenters. The first kappa shape index (κ1) is 13.8. The van der Waals surface area contributed by atoms with Gasteiger partial charge in [0.25, 0.3) is 5.85 Å². The standard InChI is InChI=1S/C11H15FN2O5S/c1-5-3-14(10(17)13-8(5)20)9-6(15)7(16)11(12,19-9)4-18-2/h3,6-7,9,15-16H,4H2,1-2H3,(H,13,17,20)/t6-,7+,9-,11-/m1/s1/i9D. The van der Waals surface area contributed by atoms with Crippen LogP contribution in [-0.2, 0) is 9.47 Å². The van der Waals surface area contributed by atoms with Crippen LogP contribution >= 0.6 is 12.2 Å². The second kappa shape index (κ2) is 5.34. The quantitative estimate of drug-likeness (QED) is 0.668. The Morgan fingerprint density at radius 3 is 3.00 bits per heavy atom. The fraction of sp³-hybridized carbons (Fsp3) is 0.636. The van der Waals surface area contributed by atoms with E-state index in [2.05, 4.69) is 9.72 Å². The number of aromatic nitrogens is 2. The summed E-state index contributed by atoms with van der Waals surface area (Å²) >= 11 is 4.87. The second-order valence-corrected chi connectivity index (χ2v) is 4.90. The van der Waals surface area contributed by atoms with Gasteiger partial charge in [-0.1, -0.05) is 12.2 Å². The number of ether oxygens (including phenoxy) is 2. The van der Waals surface area contributed by atoms with Crippen molar-refractivity contribution in [3.8, 4) is 0 Å². The van der Waals surface area contributed by atoms with Crippen molar-refractivity contribution in [2.75, 3.05) is 13.7 Å². The predicted molar refractivity (Wildman–Crippen MR) is 68.5 cm³/mol. The van der Waals surface area contributed by atoms with Crippen LogP contribution in [0, 0.1) is 11.6 Å². The summed E-state index contributed by atoms with van der Waals surface area (Å²) in [5.41, 5.74) is -0.446. The van der Waals surface area contributed by atoms with Crippen LogP contribution in [-0.4, -0.2) is 51.5 Å². The summed E-state index contributed by atoms with van der Waals surface area (Å²) in [5, 5.41) is 19.7. The molecule has 0 radical (unpaired) electrons. The number of hydrogen-bond donors (Lipinski definition) is 3. The van der Waals surface area contributed by atoms with Gasteiger partial charge in [-0.2, -0.15) is 0 Å². The van der Waals surface area contributed by atoms with E-state index in [1.54, 1.807) is 6.92 Å². The molecule has 0 spiro atoms. The maximum absolute atomic E-state index is 14.4. The monoisotopic (exact) mass is 307 g/mol. The van der Waals surface area contributed by atoms with E-state index in [-0.39, 0.29) is 4.64 Å². The molecule has 1 aromatic heterocycles. The molecule has 1 aliphatic rings. The van der Waals surface area contributed by atoms with Gasteiger partial charge in [0.1, 0.15) is 23.5 Å². The molecule has 1 fully saturated rings. The van der Waals surface area contributed by atoms with Crippen LogP contribution in [0.4, 0.5) is 4.39 Å². The van der Waals surface area contributed by atoms with Crippen LogP contribution in [0.25, 0.3) is 0 Å². The third-order valence-electron chi connectivity index (χ3n) is 2.97. The van der Waals surface area contributed by atoms with Gasteiger partial charge in [0.2, 0.25) is 0 Å². The highest BCUT2D eigenvalue weighted by Crippen LogP contribution is 2.37. The normalized spacial score (nSPS) is 38.0. The van der Waals surface area contributed by atoms with Gasteiger partial charge in [-0.3, -0.25) is 9.55 Å². The topological polar surface area (TPSA) is 96.7 Å². The van der Waals surface area contributed by atoms with Gasteiger partial charge in [-0.05, 0) is 6.92 Å². The van der Waals surface area contributed by atoms with Gasteiger partial charge >= 0.3 is 5.69 Å². The molecule has 0 aromatic carbocycles. The predicted octanol–water partition coefficient (Wildman–Crippen LogP) is -0.223. The van der Waals surface area contributed by atoms with Crippen molar-refractivity contribution < 1.29 is 25.4 Å². The summed E-state index contributed by atoms with van der Waals surface area (Å²) in [6.07, 6.45) is -5.44. The molecule has 112 valence electrons. The molecule has 2 rings (SSSR count). The Hall–Kier alpha value is -1.13. The SMILES string of the molecule is [2H][C@@]1(n2cc(C)c(=S)[nH]c2=O)O[C@](F)(COC)[C@@H](O)[C@H]1O. The van der Waals surface area contributed by atoms with E-state index in [4.69, 9.17) is 18.3 Å². The lowest BCUT2D eigenvalue weighted by atomic mass is 10.1. The second-order valence-electron chi connectivity index (χ2n) is 4.49. The molecule has 0 aliphatic carbocycles. The number of halogens is 1. The lowest BCUT2D eigenvalue weighted by Crippen LogP contribution is -2.42. The molecule has 0 bridgehead atoms. The molecular weight excluding hydrogens is 291 g/mol. The first-order valence-electron chi connectivity index (χ1n) is 6.23. The third kappa shape index (κ3) is 2.42. The van der Waals surface area contributed by atoms with Crippen molar-refractivity contribution in [3.63, 3.8) is 0 Å². The van der Waals surface area contributed by atoms with Crippen molar-refractivity contribution in [3.05, 3.63) is 26.9 Å². The van der Waals surface area contributed by atoms with Crippen molar-refractivity contribution in [2.45, 2.75) is 31.2 Å². The Bertz CT molecular complexity index is 667. The molecule has 3 N–H and O–H groups in total. The Morgan fingerprint density at radius 1 is 1.75 bits per heavy atom. The van der Waals surface area contributed by atoms with Crippen LogP contribution < -0.4 is 5.69 Å². The minimum atomic E-state index is -2.81. The molecular formula is C11H15FN2O5S. The van der Waals surface area contributed by atoms with Gasteiger partial charge in [0.05, 0.1) is 1.37 Å². The molecule has 9 heteroatoms. The molecule has 20 heavy (non-hydrogen) atoms.